The molecular formula is C11H8Cl2N2O4S2. The molecule has 0 saturated carbocycles. The maximum Gasteiger partial charge on any atom is 0.345 e. The van der Waals surface area contributed by atoms with E-state index in [1.54, 1.807) is 6.92 Å². The first-order valence-corrected chi connectivity index (χ1v) is 8.45. The van der Waals surface area contributed by atoms with Crippen LogP contribution < -0.4 is 4.72 Å². The normalized spacial score (nSPS) is 11.4. The summed E-state index contributed by atoms with van der Waals surface area (Å²) in [5.41, 5.74) is 0.602. The van der Waals surface area contributed by atoms with Crippen molar-refractivity contribution in [1.82, 2.24) is 4.98 Å². The largest absolute Gasteiger partial charge is 0.477 e. The first-order chi connectivity index (χ1) is 9.70. The highest BCUT2D eigenvalue weighted by Gasteiger charge is 2.21. The van der Waals surface area contributed by atoms with Crippen LogP contribution in [0.3, 0.4) is 0 Å². The van der Waals surface area contributed by atoms with Gasteiger partial charge in [0, 0.05) is 0 Å². The number of aryl methyl sites for hydroxylation is 1. The number of hydrogen-bond acceptors (Lipinski definition) is 5. The quantitative estimate of drug-likeness (QED) is 0.809. The number of pyridine rings is 1. The fourth-order valence-corrected chi connectivity index (χ4v) is 4.40. The number of thiophene rings is 1. The molecule has 0 atom stereocenters. The summed E-state index contributed by atoms with van der Waals surface area (Å²) in [5.74, 6) is -1.19. The third-order valence-electron chi connectivity index (χ3n) is 2.43. The van der Waals surface area contributed by atoms with Crippen molar-refractivity contribution in [1.29, 1.82) is 0 Å². The molecule has 0 saturated heterocycles. The van der Waals surface area contributed by atoms with Crippen LogP contribution in [0.15, 0.2) is 22.4 Å². The molecule has 0 bridgehead atoms. The molecule has 0 amide bonds. The molecule has 0 unspecified atom stereocenters. The van der Waals surface area contributed by atoms with Crippen LogP contribution in [0.4, 0.5) is 5.69 Å². The Morgan fingerprint density at radius 3 is 2.57 bits per heavy atom. The lowest BCUT2D eigenvalue weighted by atomic mass is 10.3. The number of aromatic nitrogens is 1. The zero-order valence-corrected chi connectivity index (χ0v) is 13.6. The summed E-state index contributed by atoms with van der Waals surface area (Å²) >= 11 is 12.2. The van der Waals surface area contributed by atoms with Crippen molar-refractivity contribution in [2.75, 3.05) is 4.72 Å². The Morgan fingerprint density at radius 2 is 2.05 bits per heavy atom. The Balaban J connectivity index is 2.40. The van der Waals surface area contributed by atoms with Crippen LogP contribution in [0.25, 0.3) is 0 Å². The molecule has 2 N–H and O–H groups in total. The molecule has 2 rings (SSSR count). The van der Waals surface area contributed by atoms with E-state index in [9.17, 15) is 13.2 Å². The van der Waals surface area contributed by atoms with E-state index in [2.05, 4.69) is 9.71 Å². The number of carboxylic acid groups (broad SMARTS) is 1. The lowest BCUT2D eigenvalue weighted by Crippen LogP contribution is -2.13. The second-order valence-electron chi connectivity index (χ2n) is 3.96. The molecule has 0 spiro atoms. The zero-order valence-electron chi connectivity index (χ0n) is 10.4. The molecule has 2 aromatic heterocycles. The molecule has 21 heavy (non-hydrogen) atoms. The number of aromatic carboxylic acids is 1. The van der Waals surface area contributed by atoms with E-state index in [4.69, 9.17) is 28.3 Å². The van der Waals surface area contributed by atoms with Crippen molar-refractivity contribution in [3.05, 3.63) is 38.9 Å². The molecule has 0 radical (unpaired) electrons. The smallest absolute Gasteiger partial charge is 0.345 e. The summed E-state index contributed by atoms with van der Waals surface area (Å²) < 4.78 is 26.6. The highest BCUT2D eigenvalue weighted by atomic mass is 35.5. The van der Waals surface area contributed by atoms with Gasteiger partial charge in [0.1, 0.15) is 14.2 Å². The highest BCUT2D eigenvalue weighted by molar-refractivity contribution is 7.94. The molecular weight excluding hydrogens is 359 g/mol. The second kappa shape index (κ2) is 5.80. The van der Waals surface area contributed by atoms with Gasteiger partial charge in [0.05, 0.1) is 5.69 Å². The summed E-state index contributed by atoms with van der Waals surface area (Å²) in [7, 11) is -3.95. The van der Waals surface area contributed by atoms with Gasteiger partial charge < -0.3 is 5.11 Å². The fourth-order valence-electron chi connectivity index (χ4n) is 1.48. The van der Waals surface area contributed by atoms with Gasteiger partial charge in [0.2, 0.25) is 0 Å². The van der Waals surface area contributed by atoms with E-state index < -0.39 is 16.0 Å². The minimum atomic E-state index is -3.95. The Hall–Kier alpha value is -1.35. The topological polar surface area (TPSA) is 96.4 Å². The van der Waals surface area contributed by atoms with Crippen LogP contribution >= 0.6 is 34.5 Å². The Labute approximate surface area is 134 Å². The Bertz CT molecular complexity index is 794. The van der Waals surface area contributed by atoms with Crippen LogP contribution in [0, 0.1) is 6.92 Å². The van der Waals surface area contributed by atoms with E-state index in [0.29, 0.717) is 16.9 Å². The van der Waals surface area contributed by atoms with E-state index in [1.807, 2.05) is 0 Å². The summed E-state index contributed by atoms with van der Waals surface area (Å²) in [6.07, 6.45) is 0. The lowest BCUT2D eigenvalue weighted by molar-refractivity contribution is 0.0702. The van der Waals surface area contributed by atoms with Gasteiger partial charge in [-0.05, 0) is 30.7 Å². The summed E-state index contributed by atoms with van der Waals surface area (Å²) in [4.78, 5) is 14.5. The van der Waals surface area contributed by atoms with Gasteiger partial charge in [-0.25, -0.2) is 18.2 Å². The fraction of sp³-hybridized carbons (Fsp3) is 0.0909. The first kappa shape index (κ1) is 16.0. The number of rotatable bonds is 4. The minimum Gasteiger partial charge on any atom is -0.477 e. The van der Waals surface area contributed by atoms with Gasteiger partial charge in [0.15, 0.2) is 5.15 Å². The second-order valence-corrected chi connectivity index (χ2v) is 7.70. The number of carbonyl (C=O) groups is 1. The average molecular weight is 367 g/mol. The molecule has 2 heterocycles. The standard InChI is InChI=1S/C11H8Cl2N2O4S2/c1-5-4-7(12)14-10(13)9(5)15-21(18,19)8-3-2-6(20-8)11(16)17/h2-4,15H,1H3,(H,16,17). The van der Waals surface area contributed by atoms with Crippen LogP contribution in [0.2, 0.25) is 10.3 Å². The van der Waals surface area contributed by atoms with Gasteiger partial charge in [-0.3, -0.25) is 4.72 Å². The van der Waals surface area contributed by atoms with Crippen molar-refractivity contribution in [3.8, 4) is 0 Å². The Morgan fingerprint density at radius 1 is 1.38 bits per heavy atom. The van der Waals surface area contributed by atoms with Gasteiger partial charge >= 0.3 is 5.97 Å². The molecule has 112 valence electrons. The first-order valence-electron chi connectivity index (χ1n) is 5.39. The van der Waals surface area contributed by atoms with Crippen molar-refractivity contribution in [2.45, 2.75) is 11.1 Å². The summed E-state index contributed by atoms with van der Waals surface area (Å²) in [6.45, 7) is 1.62. The lowest BCUT2D eigenvalue weighted by Gasteiger charge is -2.10. The van der Waals surface area contributed by atoms with Crippen molar-refractivity contribution in [3.63, 3.8) is 0 Å². The van der Waals surface area contributed by atoms with E-state index >= 15 is 0 Å². The third-order valence-corrected chi connectivity index (χ3v) is 5.82. The maximum absolute atomic E-state index is 12.2. The minimum absolute atomic E-state index is 0.0765. The van der Waals surface area contributed by atoms with Crippen LogP contribution in [-0.4, -0.2) is 24.5 Å². The number of halogens is 2. The van der Waals surface area contributed by atoms with E-state index in [-0.39, 0.29) is 25.1 Å². The predicted octanol–water partition coefficient (Wildman–Crippen LogP) is 3.26. The predicted molar refractivity (Wildman–Crippen MR) is 81.1 cm³/mol. The number of nitrogens with one attached hydrogen (secondary N) is 1. The summed E-state index contributed by atoms with van der Waals surface area (Å²) in [6, 6.07) is 3.89. The molecule has 0 fully saturated rings. The zero-order chi connectivity index (χ0) is 15.8. The van der Waals surface area contributed by atoms with Crippen LogP contribution in [0.5, 0.6) is 0 Å². The molecule has 10 heteroatoms. The Kier molecular flexibility index (Phi) is 4.43. The molecule has 2 aromatic rings. The third kappa shape index (κ3) is 3.46. The number of anilines is 1. The van der Waals surface area contributed by atoms with E-state index in [0.717, 1.165) is 0 Å². The highest BCUT2D eigenvalue weighted by Crippen LogP contribution is 2.30. The van der Waals surface area contributed by atoms with Crippen molar-refractivity contribution >= 4 is 56.2 Å². The number of hydrogen-bond donors (Lipinski definition) is 2. The van der Waals surface area contributed by atoms with E-state index in [1.165, 1.54) is 18.2 Å². The molecule has 6 nitrogen and oxygen atoms in total. The summed E-state index contributed by atoms with van der Waals surface area (Å²) in [5, 5.41) is 8.88. The van der Waals surface area contributed by atoms with Gasteiger partial charge in [0.25, 0.3) is 10.0 Å². The number of nitrogens with zero attached hydrogens (tertiary/aromatic N) is 1. The van der Waals surface area contributed by atoms with Gasteiger partial charge in [-0.2, -0.15) is 0 Å². The molecule has 0 aliphatic carbocycles. The van der Waals surface area contributed by atoms with Crippen LogP contribution in [-0.2, 0) is 10.0 Å². The van der Waals surface area contributed by atoms with Gasteiger partial charge in [-0.15, -0.1) is 11.3 Å². The molecule has 0 aliphatic heterocycles. The van der Waals surface area contributed by atoms with Gasteiger partial charge in [-0.1, -0.05) is 23.2 Å². The SMILES string of the molecule is Cc1cc(Cl)nc(Cl)c1NS(=O)(=O)c1ccc(C(=O)O)s1. The van der Waals surface area contributed by atoms with Crippen LogP contribution in [0.1, 0.15) is 15.2 Å². The van der Waals surface area contributed by atoms with Crippen molar-refractivity contribution in [2.24, 2.45) is 0 Å². The van der Waals surface area contributed by atoms with Crippen molar-refractivity contribution < 1.29 is 18.3 Å². The number of sulfonamides is 1. The molecule has 0 aliphatic rings. The average Bonchev–Trinajstić information content (AvgIpc) is 2.84. The molecule has 0 aromatic carbocycles. The maximum atomic E-state index is 12.2. The monoisotopic (exact) mass is 366 g/mol. The number of carboxylic acids is 1.